The number of hydrogen-bond acceptors (Lipinski definition) is 1. The summed E-state index contributed by atoms with van der Waals surface area (Å²) in [5.41, 5.74) is 9.09. The molecule has 2 heteroatoms. The first-order valence-electron chi connectivity index (χ1n) is 4.96. The Morgan fingerprint density at radius 2 is 1.93 bits per heavy atom. The monoisotopic (exact) mass is 253 g/mol. The molecular formula is C12H16BrN. The van der Waals surface area contributed by atoms with E-state index in [0.29, 0.717) is 12.0 Å². The van der Waals surface area contributed by atoms with E-state index in [-0.39, 0.29) is 5.41 Å². The Bertz CT molecular complexity index is 371. The number of benzene rings is 1. The molecule has 14 heavy (non-hydrogen) atoms. The minimum atomic E-state index is 0.276. The SMILES string of the molecule is Cc1cc(Br)ccc1C1C(N)C1(C)C. The van der Waals surface area contributed by atoms with Crippen LogP contribution in [0.25, 0.3) is 0 Å². The Morgan fingerprint density at radius 3 is 2.36 bits per heavy atom. The summed E-state index contributed by atoms with van der Waals surface area (Å²) < 4.78 is 1.14. The Labute approximate surface area is 93.8 Å². The summed E-state index contributed by atoms with van der Waals surface area (Å²) in [6, 6.07) is 6.78. The summed E-state index contributed by atoms with van der Waals surface area (Å²) in [6.07, 6.45) is 0. The van der Waals surface area contributed by atoms with Gasteiger partial charge < -0.3 is 5.73 Å². The Balaban J connectivity index is 2.36. The lowest BCUT2D eigenvalue weighted by molar-refractivity contribution is 0.598. The first kappa shape index (κ1) is 10.2. The standard InChI is InChI=1S/C12H16BrN/c1-7-6-8(13)4-5-9(7)10-11(14)12(10,2)3/h4-6,10-11H,14H2,1-3H3. The highest BCUT2D eigenvalue weighted by atomic mass is 79.9. The van der Waals surface area contributed by atoms with Gasteiger partial charge >= 0.3 is 0 Å². The van der Waals surface area contributed by atoms with Crippen LogP contribution < -0.4 is 5.73 Å². The molecule has 0 spiro atoms. The number of rotatable bonds is 1. The third-order valence-electron chi connectivity index (χ3n) is 3.48. The third-order valence-corrected chi connectivity index (χ3v) is 3.97. The van der Waals surface area contributed by atoms with E-state index in [0.717, 1.165) is 4.47 Å². The van der Waals surface area contributed by atoms with E-state index in [2.05, 4.69) is 54.9 Å². The van der Waals surface area contributed by atoms with Gasteiger partial charge in [-0.25, -0.2) is 0 Å². The predicted octanol–water partition coefficient (Wildman–Crippen LogP) is 3.21. The van der Waals surface area contributed by atoms with Crippen LogP contribution in [0.15, 0.2) is 22.7 Å². The van der Waals surface area contributed by atoms with Crippen molar-refractivity contribution in [1.29, 1.82) is 0 Å². The maximum absolute atomic E-state index is 6.07. The van der Waals surface area contributed by atoms with E-state index in [1.54, 1.807) is 0 Å². The van der Waals surface area contributed by atoms with Gasteiger partial charge in [-0.15, -0.1) is 0 Å². The zero-order valence-electron chi connectivity index (χ0n) is 8.84. The van der Waals surface area contributed by atoms with Crippen LogP contribution in [-0.4, -0.2) is 6.04 Å². The first-order chi connectivity index (χ1) is 6.44. The third kappa shape index (κ3) is 1.41. The number of nitrogens with two attached hydrogens (primary N) is 1. The van der Waals surface area contributed by atoms with Crippen molar-refractivity contribution in [3.05, 3.63) is 33.8 Å². The smallest absolute Gasteiger partial charge is 0.0178 e. The van der Waals surface area contributed by atoms with Crippen LogP contribution in [0.5, 0.6) is 0 Å². The molecule has 2 unspecified atom stereocenters. The van der Waals surface area contributed by atoms with Gasteiger partial charge in [0, 0.05) is 16.4 Å². The summed E-state index contributed by atoms with van der Waals surface area (Å²) in [6.45, 7) is 6.63. The van der Waals surface area contributed by atoms with Gasteiger partial charge in [-0.2, -0.15) is 0 Å². The molecule has 0 aliphatic heterocycles. The molecule has 2 rings (SSSR count). The van der Waals surface area contributed by atoms with Gasteiger partial charge in [-0.1, -0.05) is 35.8 Å². The lowest BCUT2D eigenvalue weighted by atomic mass is 9.99. The minimum absolute atomic E-state index is 0.276. The molecule has 1 aromatic carbocycles. The summed E-state index contributed by atoms with van der Waals surface area (Å²) in [7, 11) is 0. The maximum atomic E-state index is 6.07. The number of halogens is 1. The van der Waals surface area contributed by atoms with Crippen molar-refractivity contribution in [2.75, 3.05) is 0 Å². The number of hydrogen-bond donors (Lipinski definition) is 1. The van der Waals surface area contributed by atoms with Crippen LogP contribution in [0.1, 0.15) is 30.9 Å². The lowest BCUT2D eigenvalue weighted by Crippen LogP contribution is -2.06. The number of aryl methyl sites for hydroxylation is 1. The largest absolute Gasteiger partial charge is 0.327 e. The molecule has 1 aliphatic rings. The summed E-state index contributed by atoms with van der Waals surface area (Å²) in [4.78, 5) is 0. The van der Waals surface area contributed by atoms with Gasteiger partial charge in [0.1, 0.15) is 0 Å². The van der Waals surface area contributed by atoms with Gasteiger partial charge in [-0.05, 0) is 35.6 Å². The molecule has 1 fully saturated rings. The molecule has 2 N–H and O–H groups in total. The Kier molecular flexibility index (Phi) is 2.24. The van der Waals surface area contributed by atoms with Gasteiger partial charge in [0.05, 0.1) is 0 Å². The highest BCUT2D eigenvalue weighted by molar-refractivity contribution is 9.10. The molecule has 1 nitrogen and oxygen atoms in total. The normalized spacial score (nSPS) is 28.9. The van der Waals surface area contributed by atoms with E-state index in [9.17, 15) is 0 Å². The molecule has 0 amide bonds. The molecule has 0 saturated heterocycles. The van der Waals surface area contributed by atoms with Crippen LogP contribution in [0.4, 0.5) is 0 Å². The quantitative estimate of drug-likeness (QED) is 0.818. The molecule has 1 saturated carbocycles. The van der Waals surface area contributed by atoms with E-state index in [1.807, 2.05) is 0 Å². The lowest BCUT2D eigenvalue weighted by Gasteiger charge is -2.07. The molecule has 0 bridgehead atoms. The topological polar surface area (TPSA) is 26.0 Å². The van der Waals surface area contributed by atoms with E-state index in [1.165, 1.54) is 11.1 Å². The fraction of sp³-hybridized carbons (Fsp3) is 0.500. The van der Waals surface area contributed by atoms with Crippen LogP contribution in [-0.2, 0) is 0 Å². The van der Waals surface area contributed by atoms with Crippen LogP contribution in [0.2, 0.25) is 0 Å². The van der Waals surface area contributed by atoms with Crippen molar-refractivity contribution < 1.29 is 0 Å². The first-order valence-corrected chi connectivity index (χ1v) is 5.75. The van der Waals surface area contributed by atoms with Gasteiger partial charge in [0.25, 0.3) is 0 Å². The summed E-state index contributed by atoms with van der Waals surface area (Å²) >= 11 is 3.48. The van der Waals surface area contributed by atoms with Crippen LogP contribution in [0.3, 0.4) is 0 Å². The van der Waals surface area contributed by atoms with E-state index >= 15 is 0 Å². The average Bonchev–Trinajstić information content (AvgIpc) is 2.54. The highest BCUT2D eigenvalue weighted by Gasteiger charge is 2.56. The van der Waals surface area contributed by atoms with Crippen molar-refractivity contribution in [3.8, 4) is 0 Å². The molecule has 0 radical (unpaired) electrons. The zero-order valence-corrected chi connectivity index (χ0v) is 10.4. The molecule has 0 heterocycles. The molecule has 1 aliphatic carbocycles. The fourth-order valence-electron chi connectivity index (χ4n) is 2.26. The van der Waals surface area contributed by atoms with Crippen molar-refractivity contribution in [3.63, 3.8) is 0 Å². The van der Waals surface area contributed by atoms with E-state index < -0.39 is 0 Å². The van der Waals surface area contributed by atoms with Crippen molar-refractivity contribution in [2.45, 2.75) is 32.7 Å². The molecule has 0 aromatic heterocycles. The minimum Gasteiger partial charge on any atom is -0.327 e. The van der Waals surface area contributed by atoms with Crippen molar-refractivity contribution >= 4 is 15.9 Å². The molecular weight excluding hydrogens is 238 g/mol. The molecule has 76 valence electrons. The Hall–Kier alpha value is -0.340. The van der Waals surface area contributed by atoms with E-state index in [4.69, 9.17) is 5.73 Å². The summed E-state index contributed by atoms with van der Waals surface area (Å²) in [5.74, 6) is 0.538. The van der Waals surface area contributed by atoms with Crippen LogP contribution in [0, 0.1) is 12.3 Å². The zero-order chi connectivity index (χ0) is 10.5. The summed E-state index contributed by atoms with van der Waals surface area (Å²) in [5, 5.41) is 0. The van der Waals surface area contributed by atoms with Crippen LogP contribution >= 0.6 is 15.9 Å². The molecule has 1 aromatic rings. The second kappa shape index (κ2) is 3.07. The second-order valence-electron chi connectivity index (χ2n) is 4.83. The highest BCUT2D eigenvalue weighted by Crippen LogP contribution is 2.57. The molecule has 2 atom stereocenters. The van der Waals surface area contributed by atoms with Crippen molar-refractivity contribution in [2.24, 2.45) is 11.1 Å². The Morgan fingerprint density at radius 1 is 1.36 bits per heavy atom. The van der Waals surface area contributed by atoms with Gasteiger partial charge in [0.2, 0.25) is 0 Å². The van der Waals surface area contributed by atoms with Gasteiger partial charge in [-0.3, -0.25) is 0 Å². The fourth-order valence-corrected chi connectivity index (χ4v) is 2.74. The second-order valence-corrected chi connectivity index (χ2v) is 5.74. The average molecular weight is 254 g/mol. The van der Waals surface area contributed by atoms with Crippen molar-refractivity contribution in [1.82, 2.24) is 0 Å². The predicted molar refractivity (Wildman–Crippen MR) is 63.4 cm³/mol. The maximum Gasteiger partial charge on any atom is 0.0178 e. The van der Waals surface area contributed by atoms with Gasteiger partial charge in [0.15, 0.2) is 0 Å².